The van der Waals surface area contributed by atoms with E-state index in [0.29, 0.717) is 40.9 Å². The van der Waals surface area contributed by atoms with Crippen LogP contribution in [0.1, 0.15) is 21.5 Å². The van der Waals surface area contributed by atoms with Gasteiger partial charge in [0.25, 0.3) is 5.91 Å². The predicted octanol–water partition coefficient (Wildman–Crippen LogP) is 4.82. The Morgan fingerprint density at radius 1 is 1.06 bits per heavy atom. The van der Waals surface area contributed by atoms with Crippen LogP contribution in [0.3, 0.4) is 0 Å². The molecule has 1 heterocycles. The van der Waals surface area contributed by atoms with E-state index in [2.05, 4.69) is 15.4 Å². The number of hydrogen-bond acceptors (Lipinski definition) is 5. The molecule has 3 aromatic carbocycles. The van der Waals surface area contributed by atoms with Gasteiger partial charge in [-0.05, 0) is 47.5 Å². The lowest BCUT2D eigenvalue weighted by Crippen LogP contribution is -2.14. The summed E-state index contributed by atoms with van der Waals surface area (Å²) in [6, 6.07) is 20.1. The molecule has 0 fully saturated rings. The van der Waals surface area contributed by atoms with Gasteiger partial charge in [-0.25, -0.2) is 9.67 Å². The number of rotatable bonds is 8. The minimum Gasteiger partial charge on any atom is -0.493 e. The van der Waals surface area contributed by atoms with Crippen LogP contribution in [0.5, 0.6) is 11.5 Å². The van der Waals surface area contributed by atoms with Crippen molar-refractivity contribution in [2.75, 3.05) is 12.4 Å². The number of carbonyl (C=O) groups excluding carboxylic acids is 1. The Morgan fingerprint density at radius 3 is 2.62 bits per heavy atom. The fourth-order valence-electron chi connectivity index (χ4n) is 3.13. The van der Waals surface area contributed by atoms with Gasteiger partial charge in [-0.1, -0.05) is 41.9 Å². The molecule has 8 heteroatoms. The number of benzene rings is 3. The number of para-hydroxylation sites is 1. The normalized spacial score (nSPS) is 10.6. The van der Waals surface area contributed by atoms with Gasteiger partial charge in [-0.15, -0.1) is 0 Å². The second-order valence-electron chi connectivity index (χ2n) is 6.99. The smallest absolute Gasteiger partial charge is 0.255 e. The minimum atomic E-state index is -0.251. The molecule has 1 amide bonds. The second-order valence-corrected chi connectivity index (χ2v) is 7.42. The number of halogens is 1. The summed E-state index contributed by atoms with van der Waals surface area (Å²) < 4.78 is 13.0. The molecule has 0 spiro atoms. The molecule has 0 atom stereocenters. The zero-order valence-corrected chi connectivity index (χ0v) is 18.1. The van der Waals surface area contributed by atoms with Gasteiger partial charge in [0.1, 0.15) is 19.3 Å². The Labute approximate surface area is 190 Å². The highest BCUT2D eigenvalue weighted by atomic mass is 35.5. The van der Waals surface area contributed by atoms with Crippen molar-refractivity contribution >= 4 is 23.2 Å². The summed E-state index contributed by atoms with van der Waals surface area (Å²) >= 11 is 5.92. The average Bonchev–Trinajstić information content (AvgIpc) is 3.33. The van der Waals surface area contributed by atoms with Crippen LogP contribution in [-0.4, -0.2) is 27.8 Å². The van der Waals surface area contributed by atoms with Crippen LogP contribution in [-0.2, 0) is 13.2 Å². The van der Waals surface area contributed by atoms with Gasteiger partial charge in [0.2, 0.25) is 0 Å². The van der Waals surface area contributed by atoms with Gasteiger partial charge < -0.3 is 14.8 Å². The minimum absolute atomic E-state index is 0.251. The molecule has 0 aliphatic rings. The van der Waals surface area contributed by atoms with E-state index in [1.54, 1.807) is 36.3 Å². The van der Waals surface area contributed by atoms with Crippen LogP contribution < -0.4 is 14.8 Å². The zero-order valence-electron chi connectivity index (χ0n) is 17.4. The van der Waals surface area contributed by atoms with E-state index >= 15 is 0 Å². The maximum Gasteiger partial charge on any atom is 0.255 e. The molecule has 0 bridgehead atoms. The van der Waals surface area contributed by atoms with Gasteiger partial charge in [0.05, 0.1) is 13.7 Å². The first-order valence-electron chi connectivity index (χ1n) is 9.89. The fourth-order valence-corrected chi connectivity index (χ4v) is 3.26. The Morgan fingerprint density at radius 2 is 1.88 bits per heavy atom. The fraction of sp³-hybridized carbons (Fsp3) is 0.125. The van der Waals surface area contributed by atoms with Crippen LogP contribution in [0.2, 0.25) is 5.02 Å². The molecule has 0 unspecified atom stereocenters. The molecular formula is C24H21ClN4O3. The standard InChI is InChI=1S/C24H21ClN4O3/c1-31-23-12-18(8-11-22(23)32-14-17-6-9-20(25)10-7-17)24(30)28-21-5-3-2-4-19(21)13-29-16-26-15-27-29/h2-12,15-16H,13-14H2,1H3,(H,28,30). The highest BCUT2D eigenvalue weighted by molar-refractivity contribution is 6.30. The van der Waals surface area contributed by atoms with Crippen LogP contribution in [0.25, 0.3) is 0 Å². The molecule has 0 saturated heterocycles. The van der Waals surface area contributed by atoms with E-state index in [0.717, 1.165) is 11.1 Å². The van der Waals surface area contributed by atoms with Crippen LogP contribution >= 0.6 is 11.6 Å². The monoisotopic (exact) mass is 448 g/mol. The molecule has 32 heavy (non-hydrogen) atoms. The number of methoxy groups -OCH3 is 1. The third kappa shape index (κ3) is 5.25. The quantitative estimate of drug-likeness (QED) is 0.418. The first-order chi connectivity index (χ1) is 15.6. The lowest BCUT2D eigenvalue weighted by Gasteiger charge is -2.14. The molecule has 1 aromatic heterocycles. The van der Waals surface area contributed by atoms with Crippen molar-refractivity contribution in [1.82, 2.24) is 14.8 Å². The summed E-state index contributed by atoms with van der Waals surface area (Å²) in [5.74, 6) is 0.770. The van der Waals surface area contributed by atoms with E-state index in [1.807, 2.05) is 48.5 Å². The van der Waals surface area contributed by atoms with Crippen molar-refractivity contribution in [3.05, 3.63) is 101 Å². The summed E-state index contributed by atoms with van der Waals surface area (Å²) in [7, 11) is 1.54. The number of amides is 1. The first kappa shape index (κ1) is 21.4. The third-order valence-corrected chi connectivity index (χ3v) is 5.05. The van der Waals surface area contributed by atoms with Crippen molar-refractivity contribution in [2.45, 2.75) is 13.2 Å². The molecule has 162 valence electrons. The molecule has 0 aliphatic carbocycles. The van der Waals surface area contributed by atoms with E-state index < -0.39 is 0 Å². The van der Waals surface area contributed by atoms with Crippen LogP contribution in [0.4, 0.5) is 5.69 Å². The SMILES string of the molecule is COc1cc(C(=O)Nc2ccccc2Cn2cncn2)ccc1OCc1ccc(Cl)cc1. The summed E-state index contributed by atoms with van der Waals surface area (Å²) in [5, 5.41) is 7.76. The van der Waals surface area contributed by atoms with E-state index in [4.69, 9.17) is 21.1 Å². The average molecular weight is 449 g/mol. The molecule has 1 N–H and O–H groups in total. The number of anilines is 1. The summed E-state index contributed by atoms with van der Waals surface area (Å²) in [6.07, 6.45) is 3.11. The lowest BCUT2D eigenvalue weighted by molar-refractivity contribution is 0.102. The molecule has 4 rings (SSSR count). The lowest BCUT2D eigenvalue weighted by atomic mass is 10.1. The number of ether oxygens (including phenoxy) is 2. The largest absolute Gasteiger partial charge is 0.493 e. The predicted molar refractivity (Wildman–Crippen MR) is 122 cm³/mol. The van der Waals surface area contributed by atoms with Gasteiger partial charge in [0.15, 0.2) is 11.5 Å². The molecule has 7 nitrogen and oxygen atoms in total. The van der Waals surface area contributed by atoms with Crippen molar-refractivity contribution in [1.29, 1.82) is 0 Å². The van der Waals surface area contributed by atoms with Crippen molar-refractivity contribution in [3.8, 4) is 11.5 Å². The molecular weight excluding hydrogens is 428 g/mol. The number of hydrogen-bond donors (Lipinski definition) is 1. The third-order valence-electron chi connectivity index (χ3n) is 4.80. The number of nitrogens with zero attached hydrogens (tertiary/aromatic N) is 3. The van der Waals surface area contributed by atoms with Crippen molar-refractivity contribution < 1.29 is 14.3 Å². The Balaban J connectivity index is 1.47. The maximum absolute atomic E-state index is 12.9. The number of carbonyl (C=O) groups is 1. The zero-order chi connectivity index (χ0) is 22.3. The topological polar surface area (TPSA) is 78.3 Å². The number of nitrogens with one attached hydrogen (secondary N) is 1. The van der Waals surface area contributed by atoms with E-state index in [-0.39, 0.29) is 5.91 Å². The van der Waals surface area contributed by atoms with Crippen molar-refractivity contribution in [2.24, 2.45) is 0 Å². The van der Waals surface area contributed by atoms with Crippen LogP contribution in [0, 0.1) is 0 Å². The summed E-state index contributed by atoms with van der Waals surface area (Å²) in [6.45, 7) is 0.853. The Bertz CT molecular complexity index is 1190. The van der Waals surface area contributed by atoms with Crippen LogP contribution in [0.15, 0.2) is 79.4 Å². The van der Waals surface area contributed by atoms with Gasteiger partial charge in [0, 0.05) is 16.3 Å². The molecule has 0 radical (unpaired) electrons. The highest BCUT2D eigenvalue weighted by Crippen LogP contribution is 2.29. The van der Waals surface area contributed by atoms with Gasteiger partial charge >= 0.3 is 0 Å². The molecule has 0 aliphatic heterocycles. The van der Waals surface area contributed by atoms with Gasteiger partial charge in [-0.3, -0.25) is 4.79 Å². The Hall–Kier alpha value is -3.84. The Kier molecular flexibility index (Phi) is 6.67. The highest BCUT2D eigenvalue weighted by Gasteiger charge is 2.13. The number of aromatic nitrogens is 3. The van der Waals surface area contributed by atoms with Crippen molar-refractivity contribution in [3.63, 3.8) is 0 Å². The molecule has 0 saturated carbocycles. The van der Waals surface area contributed by atoms with E-state index in [1.165, 1.54) is 6.33 Å². The summed E-state index contributed by atoms with van der Waals surface area (Å²) in [4.78, 5) is 16.9. The first-order valence-corrected chi connectivity index (χ1v) is 10.3. The molecule has 4 aromatic rings. The summed E-state index contributed by atoms with van der Waals surface area (Å²) in [5.41, 5.74) is 3.05. The maximum atomic E-state index is 12.9. The van der Waals surface area contributed by atoms with Gasteiger partial charge in [-0.2, -0.15) is 5.10 Å². The second kappa shape index (κ2) is 9.98. The van der Waals surface area contributed by atoms with E-state index in [9.17, 15) is 4.79 Å².